The Morgan fingerprint density at radius 2 is 2.00 bits per heavy atom. The first-order valence-corrected chi connectivity index (χ1v) is 12.4. The Balaban J connectivity index is 1.54. The minimum Gasteiger partial charge on any atom is -0.339 e. The fourth-order valence-corrected chi connectivity index (χ4v) is 5.59. The van der Waals surface area contributed by atoms with Gasteiger partial charge in [0.05, 0.1) is 22.8 Å². The summed E-state index contributed by atoms with van der Waals surface area (Å²) in [5, 5.41) is 14.2. The number of fused-ring (bicyclic) bond motifs is 2. The number of H-pyrrole nitrogens is 1. The van der Waals surface area contributed by atoms with E-state index in [0.717, 1.165) is 63.0 Å². The Bertz CT molecular complexity index is 1630. The van der Waals surface area contributed by atoms with Crippen LogP contribution in [0.1, 0.15) is 30.1 Å². The average molecular weight is 500 g/mol. The van der Waals surface area contributed by atoms with Gasteiger partial charge in [0.25, 0.3) is 0 Å². The summed E-state index contributed by atoms with van der Waals surface area (Å²) in [4.78, 5) is 18.4. The van der Waals surface area contributed by atoms with Gasteiger partial charge in [-0.05, 0) is 56.5 Å². The van der Waals surface area contributed by atoms with Crippen LogP contribution in [0.15, 0.2) is 55.6 Å². The van der Waals surface area contributed by atoms with E-state index >= 15 is 0 Å². The quantitative estimate of drug-likeness (QED) is 0.337. The van der Waals surface area contributed by atoms with Crippen molar-refractivity contribution in [3.63, 3.8) is 0 Å². The molecule has 0 spiro atoms. The molecule has 8 nitrogen and oxygen atoms in total. The van der Waals surface area contributed by atoms with Crippen molar-refractivity contribution in [1.29, 1.82) is 0 Å². The molecule has 5 aromatic rings. The highest BCUT2D eigenvalue weighted by molar-refractivity contribution is 6.36. The van der Waals surface area contributed by atoms with Crippen LogP contribution in [0.25, 0.3) is 38.9 Å². The fraction of sp³-hybridized carbons (Fsp3) is 0.259. The van der Waals surface area contributed by atoms with E-state index in [0.29, 0.717) is 18.1 Å². The molecule has 4 aromatic heterocycles. The molecule has 1 fully saturated rings. The highest BCUT2D eigenvalue weighted by atomic mass is 35.5. The number of piperidine rings is 1. The number of aryl methyl sites for hydroxylation is 1. The van der Waals surface area contributed by atoms with E-state index in [1.165, 1.54) is 6.08 Å². The molecule has 0 bridgehead atoms. The van der Waals surface area contributed by atoms with Crippen molar-refractivity contribution in [2.75, 3.05) is 13.1 Å². The van der Waals surface area contributed by atoms with E-state index < -0.39 is 0 Å². The number of hydrogen-bond donors (Lipinski definition) is 1. The summed E-state index contributed by atoms with van der Waals surface area (Å²) in [6, 6.07) is 6.31. The number of halogens is 1. The maximum Gasteiger partial charge on any atom is 0.245 e. The average Bonchev–Trinajstić information content (AvgIpc) is 3.63. The number of nitrogens with zero attached hydrogens (tertiary/aromatic N) is 6. The summed E-state index contributed by atoms with van der Waals surface area (Å²) in [5.74, 6) is -0.0195. The van der Waals surface area contributed by atoms with Crippen LogP contribution in [0.3, 0.4) is 0 Å². The first-order chi connectivity index (χ1) is 17.5. The Morgan fingerprint density at radius 1 is 1.19 bits per heavy atom. The Hall–Kier alpha value is -3.91. The summed E-state index contributed by atoms with van der Waals surface area (Å²) in [7, 11) is 0. The molecule has 5 heterocycles. The summed E-state index contributed by atoms with van der Waals surface area (Å²) in [6.45, 7) is 9.09. The lowest BCUT2D eigenvalue weighted by Gasteiger charge is -2.32. The van der Waals surface area contributed by atoms with E-state index in [1.807, 2.05) is 40.9 Å². The van der Waals surface area contributed by atoms with Gasteiger partial charge in [-0.1, -0.05) is 18.2 Å². The zero-order valence-corrected chi connectivity index (χ0v) is 21.0. The second kappa shape index (κ2) is 8.64. The van der Waals surface area contributed by atoms with Gasteiger partial charge in [0.15, 0.2) is 0 Å². The molecule has 1 amide bonds. The molecule has 9 heteroatoms. The summed E-state index contributed by atoms with van der Waals surface area (Å²) < 4.78 is 4.11. The molecule has 36 heavy (non-hydrogen) atoms. The zero-order chi connectivity index (χ0) is 25.0. The molecule has 1 saturated heterocycles. The summed E-state index contributed by atoms with van der Waals surface area (Å²) in [6.07, 6.45) is 10.6. The van der Waals surface area contributed by atoms with Gasteiger partial charge >= 0.3 is 0 Å². The number of hydrogen-bond acceptors (Lipinski definition) is 4. The Labute approximate surface area is 213 Å². The highest BCUT2D eigenvalue weighted by Gasteiger charge is 2.29. The maximum absolute atomic E-state index is 12.1. The number of benzene rings is 1. The lowest BCUT2D eigenvalue weighted by atomic mass is 9.95. The third-order valence-electron chi connectivity index (χ3n) is 7.23. The van der Waals surface area contributed by atoms with Crippen LogP contribution in [0, 0.1) is 13.8 Å². The van der Waals surface area contributed by atoms with E-state index in [4.69, 9.17) is 16.7 Å². The van der Waals surface area contributed by atoms with Crippen LogP contribution in [0.2, 0.25) is 5.02 Å². The van der Waals surface area contributed by atoms with E-state index in [9.17, 15) is 4.79 Å². The minimum atomic E-state index is -0.0195. The van der Waals surface area contributed by atoms with Crippen LogP contribution in [0.5, 0.6) is 0 Å². The molecule has 1 aliphatic heterocycles. The molecule has 0 radical (unpaired) electrons. The smallest absolute Gasteiger partial charge is 0.245 e. The molecule has 0 saturated carbocycles. The number of aromatic amines is 1. The first kappa shape index (κ1) is 22.5. The van der Waals surface area contributed by atoms with Crippen molar-refractivity contribution >= 4 is 34.1 Å². The van der Waals surface area contributed by atoms with Crippen LogP contribution in [-0.2, 0) is 4.79 Å². The normalized spacial score (nSPS) is 14.7. The van der Waals surface area contributed by atoms with Crippen molar-refractivity contribution in [3.05, 3.63) is 71.9 Å². The van der Waals surface area contributed by atoms with Crippen molar-refractivity contribution in [2.24, 2.45) is 0 Å². The topological polar surface area (TPSA) is 84.1 Å². The number of nitrogens with one attached hydrogen (secondary N) is 1. The maximum atomic E-state index is 12.1. The van der Waals surface area contributed by atoms with E-state index in [-0.39, 0.29) is 11.9 Å². The predicted molar refractivity (Wildman–Crippen MR) is 141 cm³/mol. The zero-order valence-electron chi connectivity index (χ0n) is 20.2. The minimum absolute atomic E-state index is 0.0195. The van der Waals surface area contributed by atoms with Crippen molar-refractivity contribution in [2.45, 2.75) is 32.7 Å². The van der Waals surface area contributed by atoms with E-state index in [1.54, 1.807) is 6.20 Å². The monoisotopic (exact) mass is 499 g/mol. The lowest BCUT2D eigenvalue weighted by molar-refractivity contribution is -0.127. The number of carbonyl (C=O) groups is 1. The molecule has 1 aliphatic rings. The third kappa shape index (κ3) is 3.52. The molecule has 1 aromatic carbocycles. The third-order valence-corrected chi connectivity index (χ3v) is 7.72. The molecule has 6 rings (SSSR count). The molecular weight excluding hydrogens is 474 g/mol. The van der Waals surface area contributed by atoms with Gasteiger partial charge in [-0.25, -0.2) is 4.98 Å². The number of carbonyl (C=O) groups excluding carboxylic acids is 1. The second-order valence-corrected chi connectivity index (χ2v) is 9.71. The van der Waals surface area contributed by atoms with Gasteiger partial charge < -0.3 is 9.30 Å². The van der Waals surface area contributed by atoms with Crippen LogP contribution in [0.4, 0.5) is 0 Å². The van der Waals surface area contributed by atoms with Gasteiger partial charge in [-0.15, -0.1) is 0 Å². The Morgan fingerprint density at radius 3 is 2.78 bits per heavy atom. The molecule has 1 N–H and O–H groups in total. The number of rotatable bonds is 4. The SMILES string of the molecule is C=CC(=O)N1CCC(n2nc(-c3ccn4ccnc4c3)c(-c3c(Cl)c(C)cc4[nH]ncc34)c2C)CC1. The number of aromatic nitrogens is 6. The van der Waals surface area contributed by atoms with Gasteiger partial charge in [-0.2, -0.15) is 10.2 Å². The Kier molecular flexibility index (Phi) is 5.41. The van der Waals surface area contributed by atoms with Crippen molar-refractivity contribution in [3.8, 4) is 22.4 Å². The largest absolute Gasteiger partial charge is 0.339 e. The number of amides is 1. The van der Waals surface area contributed by atoms with Crippen molar-refractivity contribution in [1.82, 2.24) is 34.3 Å². The second-order valence-electron chi connectivity index (χ2n) is 9.34. The number of likely N-dealkylation sites (tertiary alicyclic amines) is 1. The summed E-state index contributed by atoms with van der Waals surface area (Å²) in [5.41, 5.74) is 7.56. The number of pyridine rings is 1. The van der Waals surface area contributed by atoms with Gasteiger partial charge in [0.2, 0.25) is 5.91 Å². The van der Waals surface area contributed by atoms with Crippen molar-refractivity contribution < 1.29 is 4.79 Å². The summed E-state index contributed by atoms with van der Waals surface area (Å²) >= 11 is 6.99. The fourth-order valence-electron chi connectivity index (χ4n) is 5.34. The highest BCUT2D eigenvalue weighted by Crippen LogP contribution is 2.44. The molecule has 0 unspecified atom stereocenters. The van der Waals surface area contributed by atoms with Crippen LogP contribution in [-0.4, -0.2) is 53.3 Å². The predicted octanol–water partition coefficient (Wildman–Crippen LogP) is 5.36. The molecule has 0 atom stereocenters. The van der Waals surface area contributed by atoms with Crippen LogP contribution < -0.4 is 0 Å². The van der Waals surface area contributed by atoms with Gasteiger partial charge in [-0.3, -0.25) is 14.6 Å². The standard InChI is InChI=1S/C27H26ClN7O/c1-4-23(36)34-10-6-19(7-11-34)35-17(3)24(25-20-15-30-31-21(20)13-16(2)26(25)28)27(32-35)18-5-9-33-12-8-29-22(33)14-18/h4-5,8-9,12-15,19H,1,6-7,10-11H2,2-3H3,(H,30,31). The first-order valence-electron chi connectivity index (χ1n) is 12.0. The van der Waals surface area contributed by atoms with Gasteiger partial charge in [0.1, 0.15) is 11.3 Å². The van der Waals surface area contributed by atoms with Crippen LogP contribution >= 0.6 is 11.6 Å². The lowest BCUT2D eigenvalue weighted by Crippen LogP contribution is -2.38. The molecule has 182 valence electrons. The molecule has 0 aliphatic carbocycles. The molecular formula is C27H26ClN7O. The number of imidazole rings is 1. The van der Waals surface area contributed by atoms with E-state index in [2.05, 4.69) is 45.5 Å². The van der Waals surface area contributed by atoms with Gasteiger partial charge in [0, 0.05) is 59.5 Å².